The molecular formula is C9H14N2O. The lowest BCUT2D eigenvalue weighted by Gasteiger charge is -2.06. The van der Waals surface area contributed by atoms with Crippen molar-refractivity contribution >= 4 is 0 Å². The fourth-order valence-electron chi connectivity index (χ4n) is 1.02. The molecule has 0 saturated heterocycles. The number of pyridine rings is 1. The van der Waals surface area contributed by atoms with Gasteiger partial charge in [-0.15, -0.1) is 0 Å². The second kappa shape index (κ2) is 4.07. The Morgan fingerprint density at radius 2 is 2.42 bits per heavy atom. The zero-order valence-corrected chi connectivity index (χ0v) is 7.20. The maximum atomic E-state index is 9.13. The van der Waals surface area contributed by atoms with Crippen LogP contribution < -0.4 is 5.73 Å². The van der Waals surface area contributed by atoms with Gasteiger partial charge in [0.05, 0.1) is 0 Å². The van der Waals surface area contributed by atoms with Crippen molar-refractivity contribution in [3.8, 4) is 5.75 Å². The lowest BCUT2D eigenvalue weighted by atomic mass is 10.1. The number of aromatic hydroxyl groups is 1. The molecule has 1 heterocycles. The van der Waals surface area contributed by atoms with E-state index in [1.807, 2.05) is 0 Å². The van der Waals surface area contributed by atoms with Crippen molar-refractivity contribution in [2.45, 2.75) is 13.3 Å². The van der Waals surface area contributed by atoms with Gasteiger partial charge in [-0.2, -0.15) is 0 Å². The van der Waals surface area contributed by atoms with Crippen LogP contribution in [0.5, 0.6) is 5.75 Å². The van der Waals surface area contributed by atoms with E-state index < -0.39 is 0 Å². The van der Waals surface area contributed by atoms with E-state index in [4.69, 9.17) is 10.8 Å². The van der Waals surface area contributed by atoms with Crippen LogP contribution in [0.2, 0.25) is 0 Å². The summed E-state index contributed by atoms with van der Waals surface area (Å²) in [4.78, 5) is 4.11. The average Bonchev–Trinajstić information content (AvgIpc) is 2.04. The molecule has 1 rings (SSSR count). The van der Waals surface area contributed by atoms with Gasteiger partial charge in [-0.1, -0.05) is 6.92 Å². The van der Waals surface area contributed by atoms with Gasteiger partial charge >= 0.3 is 0 Å². The Labute approximate surface area is 72.2 Å². The summed E-state index contributed by atoms with van der Waals surface area (Å²) in [5, 5.41) is 9.13. The van der Waals surface area contributed by atoms with Crippen molar-refractivity contribution in [3.05, 3.63) is 24.0 Å². The summed E-state index contributed by atoms with van der Waals surface area (Å²) in [6, 6.07) is 3.24. The van der Waals surface area contributed by atoms with Gasteiger partial charge in [0.1, 0.15) is 5.75 Å². The van der Waals surface area contributed by atoms with Crippen molar-refractivity contribution in [2.75, 3.05) is 6.54 Å². The Bertz CT molecular complexity index is 250. The highest BCUT2D eigenvalue weighted by atomic mass is 16.3. The third-order valence-electron chi connectivity index (χ3n) is 1.76. The fraction of sp³-hybridized carbons (Fsp3) is 0.444. The van der Waals surface area contributed by atoms with Crippen LogP contribution in [-0.2, 0) is 6.42 Å². The van der Waals surface area contributed by atoms with E-state index in [1.165, 1.54) is 0 Å². The van der Waals surface area contributed by atoms with Crippen molar-refractivity contribution in [1.29, 1.82) is 0 Å². The van der Waals surface area contributed by atoms with E-state index in [1.54, 1.807) is 18.3 Å². The molecule has 1 atom stereocenters. The highest BCUT2D eigenvalue weighted by molar-refractivity contribution is 5.20. The Balaban J connectivity index is 2.63. The largest absolute Gasteiger partial charge is 0.508 e. The summed E-state index contributed by atoms with van der Waals surface area (Å²) in [7, 11) is 0. The molecule has 1 aromatic heterocycles. The summed E-state index contributed by atoms with van der Waals surface area (Å²) in [5.41, 5.74) is 6.36. The first-order valence-electron chi connectivity index (χ1n) is 4.06. The molecule has 0 fully saturated rings. The minimum atomic E-state index is 0.268. The predicted octanol–water partition coefficient (Wildman–Crippen LogP) is 0.925. The summed E-state index contributed by atoms with van der Waals surface area (Å²) in [5.74, 6) is 0.684. The number of hydrogen-bond acceptors (Lipinski definition) is 3. The first-order chi connectivity index (χ1) is 5.72. The minimum Gasteiger partial charge on any atom is -0.508 e. The Kier molecular flexibility index (Phi) is 3.05. The second-order valence-corrected chi connectivity index (χ2v) is 3.05. The molecule has 3 nitrogen and oxygen atoms in total. The first kappa shape index (κ1) is 9.00. The molecule has 0 saturated carbocycles. The Hall–Kier alpha value is -1.09. The van der Waals surface area contributed by atoms with Crippen LogP contribution >= 0.6 is 0 Å². The zero-order chi connectivity index (χ0) is 8.97. The summed E-state index contributed by atoms with van der Waals surface area (Å²) >= 11 is 0. The molecule has 0 aromatic carbocycles. The molecule has 66 valence electrons. The number of hydrogen-bond donors (Lipinski definition) is 2. The summed E-state index contributed by atoms with van der Waals surface area (Å²) in [6.07, 6.45) is 2.43. The molecule has 0 aliphatic heterocycles. The van der Waals surface area contributed by atoms with Crippen molar-refractivity contribution in [2.24, 2.45) is 11.7 Å². The van der Waals surface area contributed by atoms with E-state index in [9.17, 15) is 0 Å². The molecule has 0 bridgehead atoms. The average molecular weight is 166 g/mol. The monoisotopic (exact) mass is 166 g/mol. The summed E-state index contributed by atoms with van der Waals surface area (Å²) < 4.78 is 0. The van der Waals surface area contributed by atoms with Crippen LogP contribution in [0, 0.1) is 5.92 Å². The highest BCUT2D eigenvalue weighted by Crippen LogP contribution is 2.11. The van der Waals surface area contributed by atoms with Crippen LogP contribution in [0.3, 0.4) is 0 Å². The quantitative estimate of drug-likeness (QED) is 0.702. The molecule has 0 aliphatic rings. The van der Waals surface area contributed by atoms with Gasteiger partial charge in [-0.05, 0) is 24.9 Å². The molecule has 0 aliphatic carbocycles. The van der Waals surface area contributed by atoms with Gasteiger partial charge in [0.2, 0.25) is 0 Å². The molecule has 3 heteroatoms. The van der Waals surface area contributed by atoms with Crippen LogP contribution in [0.1, 0.15) is 12.6 Å². The summed E-state index contributed by atoms with van der Waals surface area (Å²) in [6.45, 7) is 2.71. The first-order valence-corrected chi connectivity index (χ1v) is 4.06. The molecule has 0 amide bonds. The normalized spacial score (nSPS) is 12.8. The third kappa shape index (κ3) is 2.51. The lowest BCUT2D eigenvalue weighted by Crippen LogP contribution is -2.13. The van der Waals surface area contributed by atoms with Gasteiger partial charge in [0.25, 0.3) is 0 Å². The van der Waals surface area contributed by atoms with E-state index >= 15 is 0 Å². The van der Waals surface area contributed by atoms with Gasteiger partial charge < -0.3 is 10.8 Å². The van der Waals surface area contributed by atoms with Crippen LogP contribution in [0.15, 0.2) is 18.3 Å². The number of nitrogens with zero attached hydrogens (tertiary/aromatic N) is 1. The Morgan fingerprint density at radius 3 is 3.00 bits per heavy atom. The molecule has 12 heavy (non-hydrogen) atoms. The van der Waals surface area contributed by atoms with Crippen molar-refractivity contribution in [3.63, 3.8) is 0 Å². The van der Waals surface area contributed by atoms with E-state index in [-0.39, 0.29) is 5.75 Å². The molecule has 0 spiro atoms. The molecule has 0 radical (unpaired) electrons. The minimum absolute atomic E-state index is 0.268. The van der Waals surface area contributed by atoms with Crippen LogP contribution in [0.25, 0.3) is 0 Å². The predicted molar refractivity (Wildman–Crippen MR) is 47.8 cm³/mol. The topological polar surface area (TPSA) is 59.1 Å². The fourth-order valence-corrected chi connectivity index (χ4v) is 1.02. The van der Waals surface area contributed by atoms with E-state index in [2.05, 4.69) is 11.9 Å². The van der Waals surface area contributed by atoms with Crippen LogP contribution in [0.4, 0.5) is 0 Å². The number of aromatic nitrogens is 1. The number of nitrogens with two attached hydrogens (primary N) is 1. The molecule has 0 unspecified atom stereocenters. The SMILES string of the molecule is C[C@@H](CN)Cc1cc(O)ccn1. The van der Waals surface area contributed by atoms with Crippen LogP contribution in [-0.4, -0.2) is 16.6 Å². The van der Waals surface area contributed by atoms with Gasteiger partial charge in [-0.3, -0.25) is 4.98 Å². The Morgan fingerprint density at radius 1 is 1.67 bits per heavy atom. The van der Waals surface area contributed by atoms with Gasteiger partial charge in [-0.25, -0.2) is 0 Å². The van der Waals surface area contributed by atoms with Gasteiger partial charge in [0, 0.05) is 18.0 Å². The molecule has 1 aromatic rings. The van der Waals surface area contributed by atoms with E-state index in [0.717, 1.165) is 12.1 Å². The standard InChI is InChI=1S/C9H14N2O/c1-7(6-10)4-8-5-9(12)2-3-11-8/h2-3,5,7H,4,6,10H2,1H3,(H,11,12)/t7-/m1/s1. The third-order valence-corrected chi connectivity index (χ3v) is 1.76. The zero-order valence-electron chi connectivity index (χ0n) is 7.20. The van der Waals surface area contributed by atoms with Gasteiger partial charge in [0.15, 0.2) is 0 Å². The van der Waals surface area contributed by atoms with E-state index in [0.29, 0.717) is 12.5 Å². The maximum Gasteiger partial charge on any atom is 0.118 e. The van der Waals surface area contributed by atoms with Crippen molar-refractivity contribution < 1.29 is 5.11 Å². The number of rotatable bonds is 3. The maximum absolute atomic E-state index is 9.13. The highest BCUT2D eigenvalue weighted by Gasteiger charge is 2.02. The second-order valence-electron chi connectivity index (χ2n) is 3.05. The van der Waals surface area contributed by atoms with Crippen molar-refractivity contribution in [1.82, 2.24) is 4.98 Å². The molecule has 3 N–H and O–H groups in total. The smallest absolute Gasteiger partial charge is 0.118 e. The molecular weight excluding hydrogens is 152 g/mol. The lowest BCUT2D eigenvalue weighted by molar-refractivity contribution is 0.472.